The number of rotatable bonds is 4. The predicted molar refractivity (Wildman–Crippen MR) is 81.6 cm³/mol. The molecule has 0 aliphatic carbocycles. The van der Waals surface area contributed by atoms with Gasteiger partial charge in [-0.25, -0.2) is 4.79 Å². The Kier molecular flexibility index (Phi) is 4.98. The molecule has 0 unspecified atom stereocenters. The van der Waals surface area contributed by atoms with Crippen molar-refractivity contribution < 1.29 is 4.79 Å². The average molecular weight is 290 g/mol. The molecule has 2 rings (SSSR count). The van der Waals surface area contributed by atoms with Gasteiger partial charge in [-0.3, -0.25) is 0 Å². The highest BCUT2D eigenvalue weighted by Crippen LogP contribution is 2.20. The molecular weight excluding hydrogens is 274 g/mol. The number of hydrogen-bond donors (Lipinski definition) is 3. The summed E-state index contributed by atoms with van der Waals surface area (Å²) in [5.41, 5.74) is 8.26. The molecule has 20 heavy (non-hydrogen) atoms. The lowest BCUT2D eigenvalue weighted by Gasteiger charge is -2.11. The summed E-state index contributed by atoms with van der Waals surface area (Å²) in [4.78, 5) is 11.8. The maximum absolute atomic E-state index is 11.8. The van der Waals surface area contributed by atoms with Crippen LogP contribution in [0.3, 0.4) is 0 Å². The van der Waals surface area contributed by atoms with E-state index in [1.54, 1.807) is 12.1 Å². The molecule has 2 amide bonds. The Labute approximate surface area is 122 Å². The molecule has 5 heteroatoms. The molecule has 2 aromatic rings. The molecule has 0 heterocycles. The van der Waals surface area contributed by atoms with E-state index in [1.807, 2.05) is 36.4 Å². The lowest BCUT2D eigenvalue weighted by molar-refractivity contribution is 0.251. The second kappa shape index (κ2) is 6.93. The lowest BCUT2D eigenvalue weighted by atomic mass is 10.1. The Bertz CT molecular complexity index is 601. The predicted octanol–water partition coefficient (Wildman–Crippen LogP) is 3.12. The molecule has 0 aliphatic heterocycles. The van der Waals surface area contributed by atoms with Gasteiger partial charge in [-0.15, -0.1) is 0 Å². The Hall–Kier alpha value is -2.04. The van der Waals surface area contributed by atoms with Crippen LogP contribution in [0.4, 0.5) is 10.5 Å². The molecule has 0 aliphatic rings. The Morgan fingerprint density at radius 2 is 1.70 bits per heavy atom. The van der Waals surface area contributed by atoms with Crippen molar-refractivity contribution in [3.8, 4) is 0 Å². The van der Waals surface area contributed by atoms with Crippen molar-refractivity contribution in [2.45, 2.75) is 13.1 Å². The molecular formula is C15H16ClN3O. The molecule has 0 saturated heterocycles. The monoisotopic (exact) mass is 289 g/mol. The fraction of sp³-hybridized carbons (Fsp3) is 0.133. The number of halogens is 1. The van der Waals surface area contributed by atoms with Gasteiger partial charge in [0.25, 0.3) is 0 Å². The third-order valence-corrected chi connectivity index (χ3v) is 3.23. The molecule has 0 radical (unpaired) electrons. The Morgan fingerprint density at radius 3 is 2.40 bits per heavy atom. The minimum atomic E-state index is -0.301. The molecule has 4 N–H and O–H groups in total. The number of urea groups is 1. The summed E-state index contributed by atoms with van der Waals surface area (Å²) < 4.78 is 0. The summed E-state index contributed by atoms with van der Waals surface area (Å²) in [6.07, 6.45) is 0. The fourth-order valence-corrected chi connectivity index (χ4v) is 2.02. The molecule has 0 bridgehead atoms. The van der Waals surface area contributed by atoms with Crippen LogP contribution in [0.25, 0.3) is 0 Å². The van der Waals surface area contributed by atoms with E-state index < -0.39 is 0 Å². The maximum atomic E-state index is 11.8. The molecule has 0 aromatic heterocycles. The number of amides is 2. The molecule has 0 saturated carbocycles. The van der Waals surface area contributed by atoms with E-state index in [9.17, 15) is 4.79 Å². The zero-order valence-electron chi connectivity index (χ0n) is 10.9. The summed E-state index contributed by atoms with van der Waals surface area (Å²) in [5, 5.41) is 5.99. The number of anilines is 1. The van der Waals surface area contributed by atoms with Gasteiger partial charge in [0.2, 0.25) is 0 Å². The molecule has 104 valence electrons. The normalized spacial score (nSPS) is 10.1. The van der Waals surface area contributed by atoms with Crippen molar-refractivity contribution in [1.29, 1.82) is 0 Å². The average Bonchev–Trinajstić information content (AvgIpc) is 2.48. The largest absolute Gasteiger partial charge is 0.334 e. The number of nitrogens with two attached hydrogens (primary N) is 1. The van der Waals surface area contributed by atoms with Gasteiger partial charge in [-0.05, 0) is 23.3 Å². The van der Waals surface area contributed by atoms with Crippen LogP contribution in [0.1, 0.15) is 11.1 Å². The van der Waals surface area contributed by atoms with E-state index in [0.29, 0.717) is 23.8 Å². The Balaban J connectivity index is 1.94. The SMILES string of the molecule is NCc1ccccc1CNC(=O)Nc1ccccc1Cl. The molecule has 0 atom stereocenters. The fourth-order valence-electron chi connectivity index (χ4n) is 1.83. The van der Waals surface area contributed by atoms with Gasteiger partial charge >= 0.3 is 6.03 Å². The summed E-state index contributed by atoms with van der Waals surface area (Å²) >= 11 is 5.97. The van der Waals surface area contributed by atoms with Crippen molar-refractivity contribution in [1.82, 2.24) is 5.32 Å². The van der Waals surface area contributed by atoms with Gasteiger partial charge < -0.3 is 16.4 Å². The first-order valence-electron chi connectivity index (χ1n) is 6.27. The molecule has 0 spiro atoms. The van der Waals surface area contributed by atoms with Crippen molar-refractivity contribution in [2.24, 2.45) is 5.73 Å². The minimum Gasteiger partial charge on any atom is -0.334 e. The van der Waals surface area contributed by atoms with Gasteiger partial charge in [-0.2, -0.15) is 0 Å². The first-order chi connectivity index (χ1) is 9.70. The van der Waals surface area contributed by atoms with Crippen molar-refractivity contribution >= 4 is 23.3 Å². The van der Waals surface area contributed by atoms with Crippen LogP contribution < -0.4 is 16.4 Å². The van der Waals surface area contributed by atoms with Gasteiger partial charge in [0, 0.05) is 13.1 Å². The molecule has 2 aromatic carbocycles. The lowest BCUT2D eigenvalue weighted by Crippen LogP contribution is -2.28. The molecule has 0 fully saturated rings. The van der Waals surface area contributed by atoms with Crippen molar-refractivity contribution in [3.05, 3.63) is 64.7 Å². The number of hydrogen-bond acceptors (Lipinski definition) is 2. The number of carbonyl (C=O) groups excluding carboxylic acids is 1. The van der Waals surface area contributed by atoms with E-state index in [0.717, 1.165) is 11.1 Å². The summed E-state index contributed by atoms with van der Waals surface area (Å²) in [5.74, 6) is 0. The van der Waals surface area contributed by atoms with Gasteiger partial charge in [0.05, 0.1) is 10.7 Å². The summed E-state index contributed by atoms with van der Waals surface area (Å²) in [6, 6.07) is 14.5. The highest BCUT2D eigenvalue weighted by Gasteiger charge is 2.06. The smallest absolute Gasteiger partial charge is 0.319 e. The number of carbonyl (C=O) groups is 1. The zero-order chi connectivity index (χ0) is 14.4. The van der Waals surface area contributed by atoms with E-state index in [-0.39, 0.29) is 6.03 Å². The minimum absolute atomic E-state index is 0.301. The third-order valence-electron chi connectivity index (χ3n) is 2.90. The van der Waals surface area contributed by atoms with Crippen LogP contribution in [0.15, 0.2) is 48.5 Å². The number of benzene rings is 2. The van der Waals surface area contributed by atoms with Crippen LogP contribution >= 0.6 is 11.6 Å². The molecule has 4 nitrogen and oxygen atoms in total. The van der Waals surface area contributed by atoms with E-state index in [4.69, 9.17) is 17.3 Å². The summed E-state index contributed by atoms with van der Waals surface area (Å²) in [7, 11) is 0. The second-order valence-corrected chi connectivity index (χ2v) is 4.67. The standard InChI is InChI=1S/C15H16ClN3O/c16-13-7-3-4-8-14(13)19-15(20)18-10-12-6-2-1-5-11(12)9-17/h1-8H,9-10,17H2,(H2,18,19,20). The van der Waals surface area contributed by atoms with Crippen LogP contribution in [0.5, 0.6) is 0 Å². The third kappa shape index (κ3) is 3.73. The first kappa shape index (κ1) is 14.4. The van der Waals surface area contributed by atoms with Crippen LogP contribution in [0.2, 0.25) is 5.02 Å². The first-order valence-corrected chi connectivity index (χ1v) is 6.64. The highest BCUT2D eigenvalue weighted by molar-refractivity contribution is 6.33. The highest BCUT2D eigenvalue weighted by atomic mass is 35.5. The van der Waals surface area contributed by atoms with Crippen molar-refractivity contribution in [3.63, 3.8) is 0 Å². The van der Waals surface area contributed by atoms with Gasteiger partial charge in [-0.1, -0.05) is 48.0 Å². The van der Waals surface area contributed by atoms with E-state index >= 15 is 0 Å². The van der Waals surface area contributed by atoms with Crippen LogP contribution in [-0.2, 0) is 13.1 Å². The Morgan fingerprint density at radius 1 is 1.05 bits per heavy atom. The van der Waals surface area contributed by atoms with Crippen LogP contribution in [-0.4, -0.2) is 6.03 Å². The van der Waals surface area contributed by atoms with E-state index in [2.05, 4.69) is 10.6 Å². The van der Waals surface area contributed by atoms with Crippen LogP contribution in [0, 0.1) is 0 Å². The topological polar surface area (TPSA) is 67.1 Å². The van der Waals surface area contributed by atoms with Gasteiger partial charge in [0.1, 0.15) is 0 Å². The number of para-hydroxylation sites is 1. The quantitative estimate of drug-likeness (QED) is 0.809. The second-order valence-electron chi connectivity index (χ2n) is 4.26. The zero-order valence-corrected chi connectivity index (χ0v) is 11.7. The number of nitrogens with one attached hydrogen (secondary N) is 2. The maximum Gasteiger partial charge on any atom is 0.319 e. The van der Waals surface area contributed by atoms with E-state index in [1.165, 1.54) is 0 Å². The van der Waals surface area contributed by atoms with Gasteiger partial charge in [0.15, 0.2) is 0 Å². The summed E-state index contributed by atoms with van der Waals surface area (Å²) in [6.45, 7) is 0.869. The van der Waals surface area contributed by atoms with Crippen molar-refractivity contribution in [2.75, 3.05) is 5.32 Å².